The molecule has 0 unspecified atom stereocenters. The van der Waals surface area contributed by atoms with Crippen LogP contribution in [0.3, 0.4) is 0 Å². The normalized spacial score (nSPS) is 12.5. The molecule has 0 spiro atoms. The average Bonchev–Trinajstić information content (AvgIpc) is 2.17. The van der Waals surface area contributed by atoms with Gasteiger partial charge in [-0.1, -0.05) is 15.9 Å². The van der Waals surface area contributed by atoms with Crippen molar-refractivity contribution in [2.24, 2.45) is 0 Å². The average molecular weight is 336 g/mol. The van der Waals surface area contributed by atoms with Crippen molar-refractivity contribution in [3.8, 4) is 5.75 Å². The first-order valence-electron chi connectivity index (χ1n) is 5.62. The molecule has 0 amide bonds. The molecule has 0 saturated heterocycles. The summed E-state index contributed by atoms with van der Waals surface area (Å²) in [7, 11) is -3.60. The van der Waals surface area contributed by atoms with Gasteiger partial charge in [-0.05, 0) is 45.9 Å². The van der Waals surface area contributed by atoms with Gasteiger partial charge in [0, 0.05) is 10.0 Å². The molecule has 0 fully saturated rings. The first-order chi connectivity index (χ1) is 8.15. The minimum Gasteiger partial charge on any atom is -0.492 e. The quantitative estimate of drug-likeness (QED) is 0.920. The minimum absolute atomic E-state index is 0.147. The summed E-state index contributed by atoms with van der Waals surface area (Å²) in [6.07, 6.45) is 0. The van der Waals surface area contributed by atoms with Crippen molar-refractivity contribution in [2.45, 2.75) is 38.1 Å². The Bertz CT molecular complexity index is 521. The number of sulfonamides is 1. The number of ether oxygens (including phenoxy) is 1. The second-order valence-corrected chi connectivity index (χ2v) is 7.45. The van der Waals surface area contributed by atoms with Crippen LogP contribution < -0.4 is 9.46 Å². The van der Waals surface area contributed by atoms with Crippen LogP contribution in [-0.2, 0) is 10.0 Å². The molecular weight excluding hydrogens is 318 g/mol. The molecule has 1 aromatic carbocycles. The van der Waals surface area contributed by atoms with E-state index in [1.807, 2.05) is 6.92 Å². The summed E-state index contributed by atoms with van der Waals surface area (Å²) < 4.78 is 33.2. The van der Waals surface area contributed by atoms with Gasteiger partial charge in [-0.3, -0.25) is 0 Å². The van der Waals surface area contributed by atoms with E-state index in [9.17, 15) is 8.42 Å². The summed E-state index contributed by atoms with van der Waals surface area (Å²) in [6, 6.07) is 4.94. The number of hydrogen-bond donors (Lipinski definition) is 1. The van der Waals surface area contributed by atoms with Crippen LogP contribution in [0.4, 0.5) is 0 Å². The van der Waals surface area contributed by atoms with Crippen LogP contribution in [0, 0.1) is 0 Å². The molecule has 0 aliphatic heterocycles. The van der Waals surface area contributed by atoms with Gasteiger partial charge in [0.05, 0.1) is 6.61 Å². The Hall–Kier alpha value is -0.590. The minimum atomic E-state index is -3.60. The van der Waals surface area contributed by atoms with Crippen molar-refractivity contribution in [3.05, 3.63) is 22.7 Å². The summed E-state index contributed by atoms with van der Waals surface area (Å²) in [5.41, 5.74) is -0.537. The lowest BCUT2D eigenvalue weighted by atomic mass is 10.1. The van der Waals surface area contributed by atoms with Crippen molar-refractivity contribution in [3.63, 3.8) is 0 Å². The lowest BCUT2D eigenvalue weighted by Gasteiger charge is -2.21. The van der Waals surface area contributed by atoms with E-state index in [4.69, 9.17) is 4.74 Å². The Morgan fingerprint density at radius 2 is 1.94 bits per heavy atom. The first kappa shape index (κ1) is 15.5. The van der Waals surface area contributed by atoms with Gasteiger partial charge in [-0.2, -0.15) is 0 Å². The van der Waals surface area contributed by atoms with Gasteiger partial charge in [0.15, 0.2) is 0 Å². The number of hydrogen-bond acceptors (Lipinski definition) is 3. The molecule has 1 N–H and O–H groups in total. The molecule has 0 bridgehead atoms. The molecule has 0 atom stereocenters. The SMILES string of the molecule is CCOc1ccc(Br)cc1S(=O)(=O)NC(C)(C)C. The molecule has 18 heavy (non-hydrogen) atoms. The van der Waals surface area contributed by atoms with Crippen LogP contribution in [0.15, 0.2) is 27.6 Å². The molecule has 0 aliphatic rings. The number of nitrogens with one attached hydrogen (secondary N) is 1. The zero-order valence-electron chi connectivity index (χ0n) is 11.0. The highest BCUT2D eigenvalue weighted by Crippen LogP contribution is 2.28. The van der Waals surface area contributed by atoms with E-state index >= 15 is 0 Å². The number of rotatable bonds is 4. The monoisotopic (exact) mass is 335 g/mol. The highest BCUT2D eigenvalue weighted by atomic mass is 79.9. The Kier molecular flexibility index (Phi) is 4.80. The van der Waals surface area contributed by atoms with E-state index in [0.717, 1.165) is 0 Å². The predicted octanol–water partition coefficient (Wildman–Crippen LogP) is 2.92. The van der Waals surface area contributed by atoms with Crippen molar-refractivity contribution < 1.29 is 13.2 Å². The molecule has 0 aromatic heterocycles. The smallest absolute Gasteiger partial charge is 0.244 e. The maximum absolute atomic E-state index is 12.3. The van der Waals surface area contributed by atoms with Gasteiger partial charge in [0.2, 0.25) is 10.0 Å². The lowest BCUT2D eigenvalue weighted by Crippen LogP contribution is -2.40. The van der Waals surface area contributed by atoms with Gasteiger partial charge in [-0.25, -0.2) is 13.1 Å². The second kappa shape index (κ2) is 5.59. The van der Waals surface area contributed by atoms with Crippen LogP contribution in [-0.4, -0.2) is 20.6 Å². The molecule has 1 aromatic rings. The second-order valence-electron chi connectivity index (χ2n) is 4.88. The van der Waals surface area contributed by atoms with Crippen LogP contribution in [0.5, 0.6) is 5.75 Å². The molecule has 102 valence electrons. The lowest BCUT2D eigenvalue weighted by molar-refractivity contribution is 0.330. The Morgan fingerprint density at radius 1 is 1.33 bits per heavy atom. The topological polar surface area (TPSA) is 55.4 Å². The van der Waals surface area contributed by atoms with E-state index in [2.05, 4.69) is 20.7 Å². The molecule has 0 aliphatic carbocycles. The third kappa shape index (κ3) is 4.26. The third-order valence-corrected chi connectivity index (χ3v) is 4.21. The van der Waals surface area contributed by atoms with Crippen LogP contribution in [0.2, 0.25) is 0 Å². The van der Waals surface area contributed by atoms with Crippen molar-refractivity contribution in [2.75, 3.05) is 6.61 Å². The molecule has 0 heterocycles. The zero-order chi connectivity index (χ0) is 14.0. The van der Waals surface area contributed by atoms with Crippen molar-refractivity contribution >= 4 is 26.0 Å². The predicted molar refractivity (Wildman–Crippen MR) is 75.4 cm³/mol. The van der Waals surface area contributed by atoms with E-state index < -0.39 is 15.6 Å². The molecular formula is C12H18BrNO3S. The molecule has 6 heteroatoms. The summed E-state index contributed by atoms with van der Waals surface area (Å²) in [5, 5.41) is 0. The summed E-state index contributed by atoms with van der Waals surface area (Å²) in [4.78, 5) is 0.147. The van der Waals surface area contributed by atoms with E-state index in [-0.39, 0.29) is 4.90 Å². The Morgan fingerprint density at radius 3 is 2.44 bits per heavy atom. The van der Waals surface area contributed by atoms with E-state index in [0.29, 0.717) is 16.8 Å². The van der Waals surface area contributed by atoms with Crippen LogP contribution >= 0.6 is 15.9 Å². The van der Waals surface area contributed by atoms with Gasteiger partial charge in [-0.15, -0.1) is 0 Å². The maximum atomic E-state index is 12.3. The van der Waals surface area contributed by atoms with Crippen LogP contribution in [0.25, 0.3) is 0 Å². The van der Waals surface area contributed by atoms with E-state index in [1.54, 1.807) is 39.0 Å². The third-order valence-electron chi connectivity index (χ3n) is 1.94. The fourth-order valence-corrected chi connectivity index (χ4v) is 3.53. The van der Waals surface area contributed by atoms with E-state index in [1.165, 1.54) is 0 Å². The number of halogens is 1. The van der Waals surface area contributed by atoms with Crippen LogP contribution in [0.1, 0.15) is 27.7 Å². The largest absolute Gasteiger partial charge is 0.492 e. The molecule has 1 rings (SSSR count). The molecule has 4 nitrogen and oxygen atoms in total. The van der Waals surface area contributed by atoms with Gasteiger partial charge in [0.1, 0.15) is 10.6 Å². The maximum Gasteiger partial charge on any atom is 0.244 e. The number of benzene rings is 1. The highest BCUT2D eigenvalue weighted by Gasteiger charge is 2.25. The highest BCUT2D eigenvalue weighted by molar-refractivity contribution is 9.10. The summed E-state index contributed by atoms with van der Waals surface area (Å²) in [6.45, 7) is 7.62. The van der Waals surface area contributed by atoms with Crippen molar-refractivity contribution in [1.82, 2.24) is 4.72 Å². The first-order valence-corrected chi connectivity index (χ1v) is 7.89. The Balaban J connectivity index is 3.26. The fourth-order valence-electron chi connectivity index (χ4n) is 1.42. The van der Waals surface area contributed by atoms with Gasteiger partial charge < -0.3 is 4.74 Å². The summed E-state index contributed by atoms with van der Waals surface area (Å²) in [5.74, 6) is 0.359. The van der Waals surface area contributed by atoms with Gasteiger partial charge in [0.25, 0.3) is 0 Å². The molecule has 0 saturated carbocycles. The zero-order valence-corrected chi connectivity index (χ0v) is 13.4. The summed E-state index contributed by atoms with van der Waals surface area (Å²) >= 11 is 3.27. The standard InChI is InChI=1S/C12H18BrNO3S/c1-5-17-10-7-6-9(13)8-11(10)18(15,16)14-12(2,3)4/h6-8,14H,5H2,1-4H3. The fraction of sp³-hybridized carbons (Fsp3) is 0.500. The van der Waals surface area contributed by atoms with Crippen molar-refractivity contribution in [1.29, 1.82) is 0 Å². The van der Waals surface area contributed by atoms with Gasteiger partial charge >= 0.3 is 0 Å². The Labute approximate surface area is 117 Å². The molecule has 0 radical (unpaired) electrons.